The predicted octanol–water partition coefficient (Wildman–Crippen LogP) is 4.25. The summed E-state index contributed by atoms with van der Waals surface area (Å²) in [7, 11) is 0. The number of aryl methyl sites for hydroxylation is 1. The van der Waals surface area contributed by atoms with Crippen LogP contribution in [-0.4, -0.2) is 32.1 Å². The van der Waals surface area contributed by atoms with Gasteiger partial charge in [-0.25, -0.2) is 0 Å². The lowest BCUT2D eigenvalue weighted by atomic mass is 10.2. The van der Waals surface area contributed by atoms with Crippen molar-refractivity contribution in [1.29, 1.82) is 0 Å². The number of hydrazone groups is 1. The summed E-state index contributed by atoms with van der Waals surface area (Å²) >= 11 is 7.62. The van der Waals surface area contributed by atoms with E-state index in [0.29, 0.717) is 14.8 Å². The Hall–Kier alpha value is -2.23. The number of benzene rings is 2. The Bertz CT molecular complexity index is 897. The number of hydrogen-bond acceptors (Lipinski definition) is 7. The van der Waals surface area contributed by atoms with Crippen LogP contribution in [0.15, 0.2) is 57.4 Å². The fraction of sp³-hybridized carbons (Fsp3) is 0.118. The van der Waals surface area contributed by atoms with Gasteiger partial charge in [0.1, 0.15) is 0 Å². The molecule has 1 saturated heterocycles. The minimum atomic E-state index is -0.421. The number of nitro benzene ring substituents is 1. The molecule has 2 aromatic rings. The van der Waals surface area contributed by atoms with Gasteiger partial charge in [0.2, 0.25) is 0 Å². The third kappa shape index (κ3) is 4.29. The number of amides is 1. The highest BCUT2D eigenvalue weighted by molar-refractivity contribution is 8.23. The molecule has 2 aromatic carbocycles. The van der Waals surface area contributed by atoms with Gasteiger partial charge in [-0.2, -0.15) is 10.1 Å². The minimum Gasteiger partial charge on any atom is -0.272 e. The Morgan fingerprint density at radius 1 is 1.31 bits per heavy atom. The van der Waals surface area contributed by atoms with Crippen LogP contribution in [0.3, 0.4) is 0 Å². The van der Waals surface area contributed by atoms with E-state index in [4.69, 9.17) is 12.2 Å². The number of hydrogen-bond donors (Lipinski definition) is 0. The zero-order valence-corrected chi connectivity index (χ0v) is 16.1. The quantitative estimate of drug-likeness (QED) is 0.322. The van der Waals surface area contributed by atoms with Crippen molar-refractivity contribution >= 4 is 57.9 Å². The van der Waals surface area contributed by atoms with Crippen molar-refractivity contribution in [1.82, 2.24) is 5.01 Å². The third-order valence-electron chi connectivity index (χ3n) is 3.48. The first-order chi connectivity index (χ1) is 12.4. The lowest BCUT2D eigenvalue weighted by Crippen LogP contribution is -2.22. The van der Waals surface area contributed by atoms with E-state index >= 15 is 0 Å². The smallest absolute Gasteiger partial charge is 0.272 e. The van der Waals surface area contributed by atoms with Crippen LogP contribution in [0.4, 0.5) is 5.69 Å². The normalized spacial score (nSPS) is 14.4. The van der Waals surface area contributed by atoms with Crippen molar-refractivity contribution in [2.45, 2.75) is 16.7 Å². The molecular formula is C17H13N3O3S3. The Balaban J connectivity index is 1.84. The summed E-state index contributed by atoms with van der Waals surface area (Å²) in [5, 5.41) is 16.6. The number of nitrogens with zero attached hydrogens (tertiary/aromatic N) is 3. The maximum Gasteiger partial charge on any atom is 0.283 e. The molecule has 3 rings (SSSR count). The Morgan fingerprint density at radius 3 is 2.65 bits per heavy atom. The summed E-state index contributed by atoms with van der Waals surface area (Å²) in [6.07, 6.45) is 1.41. The van der Waals surface area contributed by atoms with Gasteiger partial charge in [0, 0.05) is 16.5 Å². The van der Waals surface area contributed by atoms with E-state index in [1.165, 1.54) is 35.8 Å². The van der Waals surface area contributed by atoms with Crippen LogP contribution in [-0.2, 0) is 4.79 Å². The number of thioether (sulfide) groups is 1. The van der Waals surface area contributed by atoms with E-state index in [0.717, 1.165) is 15.5 Å². The molecule has 26 heavy (non-hydrogen) atoms. The van der Waals surface area contributed by atoms with Crippen LogP contribution < -0.4 is 0 Å². The second kappa shape index (κ2) is 7.98. The lowest BCUT2D eigenvalue weighted by Gasteiger charge is -2.07. The van der Waals surface area contributed by atoms with Gasteiger partial charge in [0.05, 0.1) is 21.8 Å². The fourth-order valence-corrected chi connectivity index (χ4v) is 4.03. The van der Waals surface area contributed by atoms with Gasteiger partial charge in [0.15, 0.2) is 4.32 Å². The summed E-state index contributed by atoms with van der Waals surface area (Å²) in [6, 6.07) is 12.6. The molecule has 9 heteroatoms. The highest BCUT2D eigenvalue weighted by Crippen LogP contribution is 2.35. The largest absolute Gasteiger partial charge is 0.283 e. The van der Waals surface area contributed by atoms with Crippen LogP contribution in [0.5, 0.6) is 0 Å². The second-order valence-electron chi connectivity index (χ2n) is 5.40. The van der Waals surface area contributed by atoms with Gasteiger partial charge < -0.3 is 0 Å². The molecule has 0 N–H and O–H groups in total. The Morgan fingerprint density at radius 2 is 2.04 bits per heavy atom. The van der Waals surface area contributed by atoms with Gasteiger partial charge in [0.25, 0.3) is 11.6 Å². The maximum absolute atomic E-state index is 11.7. The first-order valence-corrected chi connectivity index (χ1v) is 9.72. The molecule has 0 unspecified atom stereocenters. The highest BCUT2D eigenvalue weighted by Gasteiger charge is 2.26. The van der Waals surface area contributed by atoms with Gasteiger partial charge in [-0.05, 0) is 25.1 Å². The molecule has 6 nitrogen and oxygen atoms in total. The molecule has 0 atom stereocenters. The van der Waals surface area contributed by atoms with Crippen molar-refractivity contribution in [2.24, 2.45) is 5.10 Å². The van der Waals surface area contributed by atoms with Crippen LogP contribution in [0.1, 0.15) is 11.1 Å². The predicted molar refractivity (Wildman–Crippen MR) is 108 cm³/mol. The van der Waals surface area contributed by atoms with Crippen molar-refractivity contribution < 1.29 is 9.72 Å². The number of carbonyl (C=O) groups excluding carboxylic acids is 1. The van der Waals surface area contributed by atoms with Crippen LogP contribution in [0.2, 0.25) is 0 Å². The molecule has 1 heterocycles. The SMILES string of the molecule is Cc1ccc(Sc2ccc(/C=N\N3C(=O)CSC3=S)cc2[N+](=O)[O-])cc1. The minimum absolute atomic E-state index is 0.00998. The Labute approximate surface area is 163 Å². The second-order valence-corrected chi connectivity index (χ2v) is 8.13. The van der Waals surface area contributed by atoms with E-state index in [-0.39, 0.29) is 17.3 Å². The average molecular weight is 404 g/mol. The molecule has 132 valence electrons. The topological polar surface area (TPSA) is 75.8 Å². The van der Waals surface area contributed by atoms with Crippen molar-refractivity contribution in [3.63, 3.8) is 0 Å². The van der Waals surface area contributed by atoms with E-state index in [1.54, 1.807) is 12.1 Å². The number of nitro groups is 1. The van der Waals surface area contributed by atoms with Crippen LogP contribution in [0.25, 0.3) is 0 Å². The summed E-state index contributed by atoms with van der Waals surface area (Å²) in [4.78, 5) is 24.1. The molecule has 0 radical (unpaired) electrons. The molecule has 0 bridgehead atoms. The molecule has 0 aromatic heterocycles. The first kappa shape index (κ1) is 18.6. The van der Waals surface area contributed by atoms with Crippen molar-refractivity contribution in [3.8, 4) is 0 Å². The molecule has 0 saturated carbocycles. The monoisotopic (exact) mass is 403 g/mol. The van der Waals surface area contributed by atoms with E-state index in [2.05, 4.69) is 5.10 Å². The first-order valence-electron chi connectivity index (χ1n) is 7.51. The van der Waals surface area contributed by atoms with Gasteiger partial charge in [-0.1, -0.05) is 59.5 Å². The lowest BCUT2D eigenvalue weighted by molar-refractivity contribution is -0.387. The molecule has 1 amide bonds. The molecule has 1 aliphatic heterocycles. The van der Waals surface area contributed by atoms with Crippen molar-refractivity contribution in [2.75, 3.05) is 5.75 Å². The summed E-state index contributed by atoms with van der Waals surface area (Å²) in [5.41, 5.74) is 1.64. The van der Waals surface area contributed by atoms with E-state index in [9.17, 15) is 14.9 Å². The van der Waals surface area contributed by atoms with Gasteiger partial charge in [-0.15, -0.1) is 0 Å². The summed E-state index contributed by atoms with van der Waals surface area (Å²) in [6.45, 7) is 1.99. The Kier molecular flexibility index (Phi) is 5.70. The zero-order valence-electron chi connectivity index (χ0n) is 13.6. The third-order valence-corrected chi connectivity index (χ3v) is 5.89. The molecule has 0 aliphatic carbocycles. The highest BCUT2D eigenvalue weighted by atomic mass is 32.2. The number of rotatable bonds is 5. The van der Waals surface area contributed by atoms with Gasteiger partial charge in [-0.3, -0.25) is 14.9 Å². The number of carbonyl (C=O) groups is 1. The van der Waals surface area contributed by atoms with Crippen LogP contribution >= 0.6 is 35.7 Å². The van der Waals surface area contributed by atoms with E-state index < -0.39 is 4.92 Å². The fourth-order valence-electron chi connectivity index (χ4n) is 2.16. The zero-order chi connectivity index (χ0) is 18.7. The van der Waals surface area contributed by atoms with E-state index in [1.807, 2.05) is 31.2 Å². The number of thiocarbonyl (C=S) groups is 1. The molecular weight excluding hydrogens is 390 g/mol. The van der Waals surface area contributed by atoms with Crippen molar-refractivity contribution in [3.05, 3.63) is 63.7 Å². The molecule has 1 fully saturated rings. The maximum atomic E-state index is 11.7. The van der Waals surface area contributed by atoms with Gasteiger partial charge >= 0.3 is 0 Å². The summed E-state index contributed by atoms with van der Waals surface area (Å²) < 4.78 is 0.382. The van der Waals surface area contributed by atoms with Crippen LogP contribution in [0, 0.1) is 17.0 Å². The standard InChI is InChI=1S/C17H13N3O3S3/c1-11-2-5-13(6-3-11)26-15-7-4-12(8-14(15)20(22)23)9-18-19-16(21)10-25-17(19)24/h2-9H,10H2,1H3/b18-9-. The molecule has 0 spiro atoms. The molecule has 1 aliphatic rings. The average Bonchev–Trinajstić information content (AvgIpc) is 2.94. The summed E-state index contributed by atoms with van der Waals surface area (Å²) in [5.74, 6) is 0.0694.